The highest BCUT2D eigenvalue weighted by atomic mass is 16.6. The fourth-order valence-corrected chi connectivity index (χ4v) is 2.28. The average molecular weight is 294 g/mol. The number of benzene rings is 1. The number of carbonyl (C=O) groups excluding carboxylic acids is 2. The van der Waals surface area contributed by atoms with Gasteiger partial charge in [0.2, 0.25) is 5.41 Å². The maximum Gasteiger partial charge on any atom is 0.330 e. The fraction of sp³-hybridized carbons (Fsp3) is 0.500. The van der Waals surface area contributed by atoms with Crippen LogP contribution in [0, 0.1) is 6.92 Å². The summed E-state index contributed by atoms with van der Waals surface area (Å²) in [5.41, 5.74) is -0.244. The predicted molar refractivity (Wildman–Crippen MR) is 78.0 cm³/mol. The van der Waals surface area contributed by atoms with Gasteiger partial charge in [0.25, 0.3) is 0 Å². The van der Waals surface area contributed by atoms with Gasteiger partial charge in [0.05, 0.1) is 19.8 Å². The van der Waals surface area contributed by atoms with Crippen LogP contribution in [-0.4, -0.2) is 38.9 Å². The number of hydrogen-bond acceptors (Lipinski definition) is 5. The molecule has 0 bridgehead atoms. The molecule has 0 N–H and O–H groups in total. The van der Waals surface area contributed by atoms with Gasteiger partial charge >= 0.3 is 11.9 Å². The van der Waals surface area contributed by atoms with Crippen molar-refractivity contribution in [3.63, 3.8) is 0 Å². The molecule has 0 heterocycles. The van der Waals surface area contributed by atoms with Crippen molar-refractivity contribution in [1.82, 2.24) is 0 Å². The van der Waals surface area contributed by atoms with E-state index in [9.17, 15) is 9.59 Å². The van der Waals surface area contributed by atoms with E-state index in [4.69, 9.17) is 14.2 Å². The number of methoxy groups -OCH3 is 1. The molecule has 21 heavy (non-hydrogen) atoms. The number of esters is 2. The van der Waals surface area contributed by atoms with Crippen molar-refractivity contribution in [2.45, 2.75) is 26.2 Å². The molecular weight excluding hydrogens is 272 g/mol. The van der Waals surface area contributed by atoms with Crippen LogP contribution in [0.1, 0.15) is 25.0 Å². The van der Waals surface area contributed by atoms with E-state index in [2.05, 4.69) is 0 Å². The van der Waals surface area contributed by atoms with Crippen LogP contribution < -0.4 is 0 Å². The summed E-state index contributed by atoms with van der Waals surface area (Å²) in [6.45, 7) is 5.44. The van der Waals surface area contributed by atoms with Gasteiger partial charge in [0.15, 0.2) is 0 Å². The lowest BCUT2D eigenvalue weighted by molar-refractivity contribution is -0.168. The molecular formula is C16H22O5. The maximum absolute atomic E-state index is 12.5. The van der Waals surface area contributed by atoms with Crippen molar-refractivity contribution >= 4 is 11.9 Å². The topological polar surface area (TPSA) is 61.8 Å². The summed E-state index contributed by atoms with van der Waals surface area (Å²) in [5, 5.41) is 0. The van der Waals surface area contributed by atoms with E-state index in [-0.39, 0.29) is 19.8 Å². The first kappa shape index (κ1) is 17.2. The Kier molecular flexibility index (Phi) is 6.37. The molecule has 0 aliphatic heterocycles. The SMILES string of the molecule is CCOC(=O)C(COC)(C(=O)OCC)c1ccccc1C. The van der Waals surface area contributed by atoms with E-state index >= 15 is 0 Å². The normalized spacial score (nSPS) is 11.0. The van der Waals surface area contributed by atoms with Gasteiger partial charge < -0.3 is 14.2 Å². The quantitative estimate of drug-likeness (QED) is 0.568. The van der Waals surface area contributed by atoms with Gasteiger partial charge in [-0.3, -0.25) is 9.59 Å². The third kappa shape index (κ3) is 3.42. The van der Waals surface area contributed by atoms with Gasteiger partial charge in [0.1, 0.15) is 0 Å². The van der Waals surface area contributed by atoms with Gasteiger partial charge in [-0.2, -0.15) is 0 Å². The Morgan fingerprint density at radius 3 is 2.00 bits per heavy atom. The summed E-state index contributed by atoms with van der Waals surface area (Å²) in [6, 6.07) is 7.16. The molecule has 5 heteroatoms. The second kappa shape index (κ2) is 7.78. The maximum atomic E-state index is 12.5. The number of aryl methyl sites for hydroxylation is 1. The van der Waals surface area contributed by atoms with E-state index < -0.39 is 17.4 Å². The first-order valence-corrected chi connectivity index (χ1v) is 6.94. The van der Waals surface area contributed by atoms with Crippen molar-refractivity contribution in [2.75, 3.05) is 26.9 Å². The zero-order valence-electron chi connectivity index (χ0n) is 13.0. The first-order valence-electron chi connectivity index (χ1n) is 6.94. The van der Waals surface area contributed by atoms with Gasteiger partial charge in [-0.15, -0.1) is 0 Å². The van der Waals surface area contributed by atoms with E-state index in [0.29, 0.717) is 5.56 Å². The molecule has 0 atom stereocenters. The molecule has 0 spiro atoms. The lowest BCUT2D eigenvalue weighted by atomic mass is 9.78. The molecule has 1 aromatic rings. The van der Waals surface area contributed by atoms with Crippen LogP contribution >= 0.6 is 0 Å². The van der Waals surface area contributed by atoms with Crippen molar-refractivity contribution in [1.29, 1.82) is 0 Å². The van der Waals surface area contributed by atoms with E-state index in [1.807, 2.05) is 19.1 Å². The van der Waals surface area contributed by atoms with Crippen LogP contribution in [-0.2, 0) is 29.2 Å². The Labute approximate surface area is 125 Å². The molecule has 116 valence electrons. The lowest BCUT2D eigenvalue weighted by Crippen LogP contribution is -2.50. The summed E-state index contributed by atoms with van der Waals surface area (Å²) in [7, 11) is 1.44. The van der Waals surface area contributed by atoms with Crippen molar-refractivity contribution < 1.29 is 23.8 Å². The van der Waals surface area contributed by atoms with Gasteiger partial charge in [-0.1, -0.05) is 24.3 Å². The minimum atomic E-state index is -1.59. The molecule has 0 aromatic heterocycles. The van der Waals surface area contributed by atoms with Crippen molar-refractivity contribution in [3.05, 3.63) is 35.4 Å². The van der Waals surface area contributed by atoms with E-state index in [0.717, 1.165) is 5.56 Å². The van der Waals surface area contributed by atoms with Gasteiger partial charge in [0, 0.05) is 7.11 Å². The monoisotopic (exact) mass is 294 g/mol. The molecule has 0 aliphatic carbocycles. The largest absolute Gasteiger partial charge is 0.465 e. The summed E-state index contributed by atoms with van der Waals surface area (Å²) in [4.78, 5) is 25.0. The zero-order valence-corrected chi connectivity index (χ0v) is 13.0. The van der Waals surface area contributed by atoms with E-state index in [1.165, 1.54) is 7.11 Å². The Balaban J connectivity index is 3.47. The minimum absolute atomic E-state index is 0.129. The third-order valence-corrected chi connectivity index (χ3v) is 3.21. The standard InChI is InChI=1S/C16H22O5/c1-5-20-14(17)16(11-19-4,15(18)21-6-2)13-10-8-7-9-12(13)3/h7-10H,5-6,11H2,1-4H3. The molecule has 5 nitrogen and oxygen atoms in total. The van der Waals surface area contributed by atoms with Crippen LogP contribution in [0.4, 0.5) is 0 Å². The number of rotatable bonds is 7. The first-order chi connectivity index (χ1) is 10.0. The summed E-state index contributed by atoms with van der Waals surface area (Å²) in [6.07, 6.45) is 0. The number of carbonyl (C=O) groups is 2. The molecule has 0 amide bonds. The van der Waals surface area contributed by atoms with Gasteiger partial charge in [-0.05, 0) is 31.9 Å². The zero-order chi connectivity index (χ0) is 15.9. The Hall–Kier alpha value is -1.88. The molecule has 0 radical (unpaired) electrons. The Morgan fingerprint density at radius 2 is 1.57 bits per heavy atom. The molecule has 1 rings (SSSR count). The minimum Gasteiger partial charge on any atom is -0.465 e. The molecule has 0 aliphatic rings. The van der Waals surface area contributed by atoms with Gasteiger partial charge in [-0.25, -0.2) is 0 Å². The van der Waals surface area contributed by atoms with Crippen LogP contribution in [0.15, 0.2) is 24.3 Å². The smallest absolute Gasteiger partial charge is 0.330 e. The molecule has 0 unspecified atom stereocenters. The van der Waals surface area contributed by atoms with Crippen LogP contribution in [0.2, 0.25) is 0 Å². The lowest BCUT2D eigenvalue weighted by Gasteiger charge is -2.30. The second-order valence-electron chi connectivity index (χ2n) is 4.59. The molecule has 0 fully saturated rings. The summed E-state index contributed by atoms with van der Waals surface area (Å²) in [5.74, 6) is -1.31. The predicted octanol–water partition coefficient (Wildman–Crippen LogP) is 2.01. The third-order valence-electron chi connectivity index (χ3n) is 3.21. The van der Waals surface area contributed by atoms with Crippen LogP contribution in [0.25, 0.3) is 0 Å². The van der Waals surface area contributed by atoms with Crippen molar-refractivity contribution in [3.8, 4) is 0 Å². The number of ether oxygens (including phenoxy) is 3. The van der Waals surface area contributed by atoms with Crippen molar-refractivity contribution in [2.24, 2.45) is 0 Å². The second-order valence-corrected chi connectivity index (χ2v) is 4.59. The highest BCUT2D eigenvalue weighted by molar-refractivity contribution is 6.07. The summed E-state index contributed by atoms with van der Waals surface area (Å²) >= 11 is 0. The molecule has 0 saturated carbocycles. The Morgan fingerprint density at radius 1 is 1.05 bits per heavy atom. The van der Waals surface area contributed by atoms with Crippen LogP contribution in [0.5, 0.6) is 0 Å². The summed E-state index contributed by atoms with van der Waals surface area (Å²) < 4.78 is 15.4. The highest BCUT2D eigenvalue weighted by Crippen LogP contribution is 2.31. The molecule has 1 aromatic carbocycles. The van der Waals surface area contributed by atoms with E-state index in [1.54, 1.807) is 26.0 Å². The Bertz CT molecular complexity index is 477. The number of hydrogen-bond donors (Lipinski definition) is 0. The van der Waals surface area contributed by atoms with Crippen LogP contribution in [0.3, 0.4) is 0 Å². The average Bonchev–Trinajstić information content (AvgIpc) is 2.46. The molecule has 0 saturated heterocycles. The fourth-order valence-electron chi connectivity index (χ4n) is 2.28. The highest BCUT2D eigenvalue weighted by Gasteiger charge is 2.51.